The molecule has 134 valence electrons. The number of halogens is 4. The molecule has 0 aliphatic carbocycles. The van der Waals surface area contributed by atoms with Crippen molar-refractivity contribution in [1.82, 2.24) is 9.97 Å². The Balaban J connectivity index is 1.86. The van der Waals surface area contributed by atoms with E-state index in [4.69, 9.17) is 4.74 Å². The van der Waals surface area contributed by atoms with Gasteiger partial charge >= 0.3 is 6.18 Å². The molecule has 0 atom stereocenters. The van der Waals surface area contributed by atoms with E-state index in [9.17, 15) is 13.2 Å². The maximum absolute atomic E-state index is 13.2. The van der Waals surface area contributed by atoms with Crippen LogP contribution in [0.15, 0.2) is 65.3 Å². The van der Waals surface area contributed by atoms with Gasteiger partial charge in [0.1, 0.15) is 12.2 Å². The summed E-state index contributed by atoms with van der Waals surface area (Å²) in [6, 6.07) is 16.0. The van der Waals surface area contributed by atoms with Crippen LogP contribution >= 0.6 is 15.9 Å². The van der Waals surface area contributed by atoms with E-state index in [1.165, 1.54) is 0 Å². The average molecular weight is 424 g/mol. The molecule has 3 aromatic rings. The Morgan fingerprint density at radius 3 is 2.50 bits per heavy atom. The zero-order valence-corrected chi connectivity index (χ0v) is 14.9. The fourth-order valence-electron chi connectivity index (χ4n) is 2.15. The molecule has 0 unspecified atom stereocenters. The number of hydrogen-bond donors (Lipinski definition) is 1. The third-order valence-corrected chi connectivity index (χ3v) is 3.85. The molecular weight excluding hydrogens is 411 g/mol. The lowest BCUT2D eigenvalue weighted by atomic mass is 10.2. The summed E-state index contributed by atoms with van der Waals surface area (Å²) in [5.74, 6) is -0.506. The standard InChI is InChI=1S/C18H13BrF3N3O/c19-13-7-4-8-14(9-13)24-17-23-10-15(18(20,21)22)16(25-17)26-11-12-5-2-1-3-6-12/h1-10H,11H2,(H,23,24,25). The lowest BCUT2D eigenvalue weighted by molar-refractivity contribution is -0.139. The zero-order valence-electron chi connectivity index (χ0n) is 13.3. The molecule has 0 spiro atoms. The van der Waals surface area contributed by atoms with Crippen molar-refractivity contribution in [2.45, 2.75) is 12.8 Å². The predicted octanol–water partition coefficient (Wildman–Crippen LogP) is 5.58. The first-order chi connectivity index (χ1) is 12.4. The van der Waals surface area contributed by atoms with E-state index in [0.29, 0.717) is 11.9 Å². The van der Waals surface area contributed by atoms with Gasteiger partial charge in [0.2, 0.25) is 11.8 Å². The summed E-state index contributed by atoms with van der Waals surface area (Å²) in [5.41, 5.74) is 0.349. The first kappa shape index (κ1) is 18.2. The number of anilines is 2. The van der Waals surface area contributed by atoms with Crippen LogP contribution < -0.4 is 10.1 Å². The third kappa shape index (κ3) is 4.72. The van der Waals surface area contributed by atoms with Crippen molar-refractivity contribution in [2.75, 3.05) is 5.32 Å². The number of ether oxygens (including phenoxy) is 1. The van der Waals surface area contributed by atoms with Crippen molar-refractivity contribution in [3.63, 3.8) is 0 Å². The number of nitrogens with one attached hydrogen (secondary N) is 1. The largest absolute Gasteiger partial charge is 0.472 e. The summed E-state index contributed by atoms with van der Waals surface area (Å²) in [6.45, 7) is -0.0305. The number of rotatable bonds is 5. The van der Waals surface area contributed by atoms with Gasteiger partial charge in [0.25, 0.3) is 0 Å². The lowest BCUT2D eigenvalue weighted by Crippen LogP contribution is -2.12. The topological polar surface area (TPSA) is 47.0 Å². The molecule has 1 N–H and O–H groups in total. The van der Waals surface area contributed by atoms with E-state index in [-0.39, 0.29) is 12.6 Å². The first-order valence-corrected chi connectivity index (χ1v) is 8.35. The van der Waals surface area contributed by atoms with E-state index >= 15 is 0 Å². The van der Waals surface area contributed by atoms with Gasteiger partial charge in [0, 0.05) is 16.4 Å². The monoisotopic (exact) mass is 423 g/mol. The fraction of sp³-hybridized carbons (Fsp3) is 0.111. The molecule has 0 amide bonds. The Labute approximate surface area is 156 Å². The van der Waals surface area contributed by atoms with E-state index in [1.807, 2.05) is 12.1 Å². The number of aromatic nitrogens is 2. The minimum Gasteiger partial charge on any atom is -0.472 e. The molecule has 8 heteroatoms. The summed E-state index contributed by atoms with van der Waals surface area (Å²) >= 11 is 3.32. The normalized spacial score (nSPS) is 11.2. The van der Waals surface area contributed by atoms with Crippen molar-refractivity contribution in [1.29, 1.82) is 0 Å². The Hall–Kier alpha value is -2.61. The molecule has 0 saturated carbocycles. The van der Waals surface area contributed by atoms with Crippen molar-refractivity contribution in [3.05, 3.63) is 76.4 Å². The zero-order chi connectivity index (χ0) is 18.6. The van der Waals surface area contributed by atoms with Crippen LogP contribution in [0.1, 0.15) is 11.1 Å². The number of hydrogen-bond acceptors (Lipinski definition) is 4. The second-order valence-corrected chi connectivity index (χ2v) is 6.24. The second-order valence-electron chi connectivity index (χ2n) is 5.32. The molecule has 0 bridgehead atoms. The van der Waals surface area contributed by atoms with Gasteiger partial charge in [-0.25, -0.2) is 4.98 Å². The van der Waals surface area contributed by atoms with Gasteiger partial charge in [-0.2, -0.15) is 18.2 Å². The molecule has 2 aromatic carbocycles. The highest BCUT2D eigenvalue weighted by Gasteiger charge is 2.36. The van der Waals surface area contributed by atoms with Gasteiger partial charge in [-0.05, 0) is 23.8 Å². The predicted molar refractivity (Wildman–Crippen MR) is 95.2 cm³/mol. The minimum absolute atomic E-state index is 0.0131. The van der Waals surface area contributed by atoms with Gasteiger partial charge < -0.3 is 10.1 Å². The van der Waals surface area contributed by atoms with E-state index in [2.05, 4.69) is 31.2 Å². The van der Waals surface area contributed by atoms with Crippen LogP contribution in [-0.4, -0.2) is 9.97 Å². The van der Waals surface area contributed by atoms with Crippen molar-refractivity contribution in [3.8, 4) is 5.88 Å². The first-order valence-electron chi connectivity index (χ1n) is 7.55. The third-order valence-electron chi connectivity index (χ3n) is 3.36. The molecular formula is C18H13BrF3N3O. The van der Waals surface area contributed by atoms with E-state index in [1.54, 1.807) is 42.5 Å². The molecule has 1 aromatic heterocycles. The Morgan fingerprint density at radius 2 is 1.81 bits per heavy atom. The summed E-state index contributed by atoms with van der Waals surface area (Å²) in [5, 5.41) is 2.86. The second kappa shape index (κ2) is 7.74. The highest BCUT2D eigenvalue weighted by Crippen LogP contribution is 2.35. The Kier molecular flexibility index (Phi) is 5.41. The average Bonchev–Trinajstić information content (AvgIpc) is 2.60. The Morgan fingerprint density at radius 1 is 1.04 bits per heavy atom. The van der Waals surface area contributed by atoms with Crippen molar-refractivity contribution < 1.29 is 17.9 Å². The van der Waals surface area contributed by atoms with Crippen LogP contribution in [0.25, 0.3) is 0 Å². The summed E-state index contributed by atoms with van der Waals surface area (Å²) < 4.78 is 45.7. The van der Waals surface area contributed by atoms with Crippen LogP contribution in [0, 0.1) is 0 Å². The quantitative estimate of drug-likeness (QED) is 0.581. The number of nitrogens with zero attached hydrogens (tertiary/aromatic N) is 2. The molecule has 26 heavy (non-hydrogen) atoms. The molecule has 4 nitrogen and oxygen atoms in total. The summed E-state index contributed by atoms with van der Waals surface area (Å²) in [7, 11) is 0. The van der Waals surface area contributed by atoms with Crippen molar-refractivity contribution in [2.24, 2.45) is 0 Å². The fourth-order valence-corrected chi connectivity index (χ4v) is 2.55. The van der Waals surface area contributed by atoms with Crippen LogP contribution in [0.5, 0.6) is 5.88 Å². The molecule has 0 saturated heterocycles. The molecule has 0 aliphatic rings. The maximum Gasteiger partial charge on any atom is 0.423 e. The smallest absolute Gasteiger partial charge is 0.423 e. The summed E-state index contributed by atoms with van der Waals surface area (Å²) in [6.07, 6.45) is -3.89. The van der Waals surface area contributed by atoms with Crippen LogP contribution in [-0.2, 0) is 12.8 Å². The van der Waals surface area contributed by atoms with E-state index < -0.39 is 17.6 Å². The highest BCUT2D eigenvalue weighted by molar-refractivity contribution is 9.10. The SMILES string of the molecule is FC(F)(F)c1cnc(Nc2cccc(Br)c2)nc1OCc1ccccc1. The molecule has 3 rings (SSSR count). The maximum atomic E-state index is 13.2. The van der Waals surface area contributed by atoms with E-state index in [0.717, 1.165) is 10.0 Å². The lowest BCUT2D eigenvalue weighted by Gasteiger charge is -2.14. The van der Waals surface area contributed by atoms with Gasteiger partial charge in [0.05, 0.1) is 0 Å². The molecule has 1 heterocycles. The highest BCUT2D eigenvalue weighted by atomic mass is 79.9. The van der Waals surface area contributed by atoms with Gasteiger partial charge in [-0.15, -0.1) is 0 Å². The number of benzene rings is 2. The Bertz CT molecular complexity index is 888. The summed E-state index contributed by atoms with van der Waals surface area (Å²) in [4.78, 5) is 7.65. The molecule has 0 fully saturated rings. The van der Waals surface area contributed by atoms with Gasteiger partial charge in [-0.1, -0.05) is 52.3 Å². The van der Waals surface area contributed by atoms with Gasteiger partial charge in [-0.3, -0.25) is 0 Å². The van der Waals surface area contributed by atoms with Crippen LogP contribution in [0.4, 0.5) is 24.8 Å². The minimum atomic E-state index is -4.61. The van der Waals surface area contributed by atoms with Crippen molar-refractivity contribution >= 4 is 27.6 Å². The molecule has 0 aliphatic heterocycles. The van der Waals surface area contributed by atoms with Crippen LogP contribution in [0.3, 0.4) is 0 Å². The van der Waals surface area contributed by atoms with Gasteiger partial charge in [0.15, 0.2) is 0 Å². The molecule has 0 radical (unpaired) electrons. The van der Waals surface area contributed by atoms with Crippen LogP contribution in [0.2, 0.25) is 0 Å². The number of alkyl halides is 3.